The third kappa shape index (κ3) is 26.1. The van der Waals surface area contributed by atoms with Gasteiger partial charge in [0.2, 0.25) is 5.91 Å². The Bertz CT molecular complexity index is 1160. The van der Waals surface area contributed by atoms with Gasteiger partial charge < -0.3 is 65.1 Å². The summed E-state index contributed by atoms with van der Waals surface area (Å²) in [6.07, 6.45) is 25.3. The van der Waals surface area contributed by atoms with Gasteiger partial charge in [-0.2, -0.15) is 0 Å². The Hall–Kier alpha value is -1.27. The number of carbonyl (C=O) groups excluding carboxylic acids is 1. The molecule has 9 N–H and O–H groups in total. The summed E-state index contributed by atoms with van der Waals surface area (Å²) in [5, 5.41) is 86.8. The van der Waals surface area contributed by atoms with Crippen LogP contribution in [0.2, 0.25) is 0 Å². The highest BCUT2D eigenvalue weighted by molar-refractivity contribution is 5.76. The zero-order chi connectivity index (χ0) is 48.2. The Balaban J connectivity index is 1.80. The van der Waals surface area contributed by atoms with E-state index in [4.69, 9.17) is 18.9 Å². The van der Waals surface area contributed by atoms with Crippen LogP contribution < -0.4 is 5.32 Å². The van der Waals surface area contributed by atoms with Crippen molar-refractivity contribution in [3.05, 3.63) is 12.2 Å². The van der Waals surface area contributed by atoms with Crippen molar-refractivity contribution in [3.8, 4) is 0 Å². The number of aliphatic hydroxyl groups is 8. The molecule has 0 saturated carbocycles. The van der Waals surface area contributed by atoms with E-state index in [1.54, 1.807) is 6.08 Å². The highest BCUT2D eigenvalue weighted by Gasteiger charge is 2.51. The maximum absolute atomic E-state index is 13.2. The van der Waals surface area contributed by atoms with Crippen molar-refractivity contribution in [2.45, 2.75) is 293 Å². The van der Waals surface area contributed by atoms with Gasteiger partial charge in [0, 0.05) is 6.42 Å². The Labute approximate surface area is 399 Å². The van der Waals surface area contributed by atoms with Crippen LogP contribution in [0.25, 0.3) is 0 Å². The third-order valence-electron chi connectivity index (χ3n) is 13.5. The normalized spacial score (nSPS) is 26.8. The van der Waals surface area contributed by atoms with Crippen LogP contribution in [-0.2, 0) is 23.7 Å². The molecule has 2 heterocycles. The minimum absolute atomic E-state index is 0.236. The molecule has 2 saturated heterocycles. The summed E-state index contributed by atoms with van der Waals surface area (Å²) in [6.45, 7) is 2.80. The zero-order valence-corrected chi connectivity index (χ0v) is 41.5. The molecule has 14 heteroatoms. The molecule has 2 aliphatic heterocycles. The molecular weight excluding hydrogens is 847 g/mol. The summed E-state index contributed by atoms with van der Waals surface area (Å²) in [6, 6.07) is -0.907. The van der Waals surface area contributed by atoms with E-state index in [1.165, 1.54) is 154 Å². The smallest absolute Gasteiger partial charge is 0.220 e. The van der Waals surface area contributed by atoms with Gasteiger partial charge in [-0.1, -0.05) is 206 Å². The SMILES string of the molecule is CCCCCCCCCCCCCC=CC(O)C(CO[C@@H]1O[C@H](CO)[C@H](O[C@H]2O[C@H](CO)[C@H](O)[C@H](O)[C@H]2O)[C@H](O)[C@H]1O)NC(=O)CCCCCCCCCCCCCCCCCCCCC. The molecule has 66 heavy (non-hydrogen) atoms. The summed E-state index contributed by atoms with van der Waals surface area (Å²) >= 11 is 0. The van der Waals surface area contributed by atoms with Crippen LogP contribution in [0.1, 0.15) is 219 Å². The number of aliphatic hydroxyl groups excluding tert-OH is 8. The van der Waals surface area contributed by atoms with Gasteiger partial charge in [0.15, 0.2) is 12.6 Å². The van der Waals surface area contributed by atoms with E-state index >= 15 is 0 Å². The maximum Gasteiger partial charge on any atom is 0.220 e. The first-order valence-electron chi connectivity index (χ1n) is 26.9. The van der Waals surface area contributed by atoms with E-state index in [1.807, 2.05) is 6.08 Å². The molecule has 0 radical (unpaired) electrons. The molecule has 12 atom stereocenters. The van der Waals surface area contributed by atoms with Crippen molar-refractivity contribution in [1.29, 1.82) is 0 Å². The molecule has 0 aromatic carbocycles. The Morgan fingerprint density at radius 3 is 1.39 bits per heavy atom. The lowest BCUT2D eigenvalue weighted by Crippen LogP contribution is -2.65. The van der Waals surface area contributed by atoms with E-state index in [-0.39, 0.29) is 18.9 Å². The fourth-order valence-electron chi connectivity index (χ4n) is 9.06. The number of hydrogen-bond acceptors (Lipinski definition) is 13. The van der Waals surface area contributed by atoms with Crippen LogP contribution in [0.4, 0.5) is 0 Å². The highest BCUT2D eigenvalue weighted by Crippen LogP contribution is 2.30. The standard InChI is InChI=1S/C52H99NO13/c1-3-5-7-9-11-13-15-17-18-19-20-21-22-24-26-28-30-32-34-36-44(57)53-40(41(56)35-33-31-29-27-25-23-16-14-12-10-8-6-4-2)39-63-51-49(62)47(60)50(43(38-55)65-51)66-52-48(61)46(59)45(58)42(37-54)64-52/h33,35,40-43,45-52,54-56,58-62H,3-32,34,36-39H2,1-2H3,(H,53,57)/t40?,41?,42-,43-,45+,46+,47-,48-,49-,50+,51-,52-/m1/s1. The molecule has 14 nitrogen and oxygen atoms in total. The van der Waals surface area contributed by atoms with Crippen LogP contribution in [0, 0.1) is 0 Å². The first kappa shape index (κ1) is 60.9. The molecule has 2 aliphatic rings. The zero-order valence-electron chi connectivity index (χ0n) is 41.5. The van der Waals surface area contributed by atoms with Crippen LogP contribution in [0.3, 0.4) is 0 Å². The average molecular weight is 946 g/mol. The van der Waals surface area contributed by atoms with Crippen molar-refractivity contribution < 1.29 is 64.6 Å². The van der Waals surface area contributed by atoms with Crippen molar-refractivity contribution >= 4 is 5.91 Å². The number of rotatable bonds is 42. The molecule has 0 aromatic rings. The van der Waals surface area contributed by atoms with Crippen molar-refractivity contribution in [2.24, 2.45) is 0 Å². The summed E-state index contributed by atoms with van der Waals surface area (Å²) in [7, 11) is 0. The van der Waals surface area contributed by atoms with E-state index in [0.29, 0.717) is 6.42 Å². The summed E-state index contributed by atoms with van der Waals surface area (Å²) in [4.78, 5) is 13.2. The second kappa shape index (κ2) is 39.5. The van der Waals surface area contributed by atoms with Crippen molar-refractivity contribution in [1.82, 2.24) is 5.32 Å². The summed E-state index contributed by atoms with van der Waals surface area (Å²) in [5.74, 6) is -0.236. The molecule has 0 bridgehead atoms. The Kier molecular flexibility index (Phi) is 36.4. The number of allylic oxidation sites excluding steroid dienone is 1. The lowest BCUT2D eigenvalue weighted by Gasteiger charge is -2.46. The number of unbranched alkanes of at least 4 members (excludes halogenated alkanes) is 29. The molecule has 0 aromatic heterocycles. The summed E-state index contributed by atoms with van der Waals surface area (Å²) in [5.41, 5.74) is 0. The molecule has 0 spiro atoms. The van der Waals surface area contributed by atoms with Gasteiger partial charge in [0.1, 0.15) is 48.8 Å². The number of amides is 1. The minimum Gasteiger partial charge on any atom is -0.394 e. The Morgan fingerprint density at radius 2 is 0.939 bits per heavy atom. The topological polar surface area (TPSA) is 228 Å². The number of carbonyl (C=O) groups is 1. The van der Waals surface area contributed by atoms with E-state index in [0.717, 1.165) is 38.5 Å². The first-order valence-corrected chi connectivity index (χ1v) is 26.9. The summed E-state index contributed by atoms with van der Waals surface area (Å²) < 4.78 is 22.7. The second-order valence-corrected chi connectivity index (χ2v) is 19.4. The fourth-order valence-corrected chi connectivity index (χ4v) is 9.06. The van der Waals surface area contributed by atoms with Gasteiger partial charge in [-0.05, 0) is 19.3 Å². The van der Waals surface area contributed by atoms with Crippen LogP contribution in [-0.4, -0.2) is 140 Å². The number of ether oxygens (including phenoxy) is 4. The van der Waals surface area contributed by atoms with Crippen LogP contribution >= 0.6 is 0 Å². The quantitative estimate of drug-likeness (QED) is 0.0213. The monoisotopic (exact) mass is 946 g/mol. The van der Waals surface area contributed by atoms with Gasteiger partial charge in [0.05, 0.1) is 32.0 Å². The van der Waals surface area contributed by atoms with E-state index < -0.39 is 86.8 Å². The number of nitrogens with one attached hydrogen (secondary N) is 1. The third-order valence-corrected chi connectivity index (χ3v) is 13.5. The highest BCUT2D eigenvalue weighted by atomic mass is 16.7. The van der Waals surface area contributed by atoms with E-state index in [9.17, 15) is 45.6 Å². The molecule has 1 amide bonds. The minimum atomic E-state index is -1.78. The number of hydrogen-bond donors (Lipinski definition) is 9. The lowest BCUT2D eigenvalue weighted by atomic mass is 9.97. The van der Waals surface area contributed by atoms with Gasteiger partial charge in [0.25, 0.3) is 0 Å². The fraction of sp³-hybridized carbons (Fsp3) is 0.942. The molecule has 2 fully saturated rings. The van der Waals surface area contributed by atoms with Crippen molar-refractivity contribution in [2.75, 3.05) is 19.8 Å². The molecule has 2 rings (SSSR count). The predicted molar refractivity (Wildman–Crippen MR) is 259 cm³/mol. The maximum atomic E-state index is 13.2. The van der Waals surface area contributed by atoms with Gasteiger partial charge >= 0.3 is 0 Å². The lowest BCUT2D eigenvalue weighted by molar-refractivity contribution is -0.359. The van der Waals surface area contributed by atoms with Gasteiger partial charge in [-0.15, -0.1) is 0 Å². The molecule has 2 unspecified atom stereocenters. The van der Waals surface area contributed by atoms with E-state index in [2.05, 4.69) is 19.2 Å². The van der Waals surface area contributed by atoms with Crippen molar-refractivity contribution in [3.63, 3.8) is 0 Å². The van der Waals surface area contributed by atoms with Crippen LogP contribution in [0.5, 0.6) is 0 Å². The molecule has 0 aliphatic carbocycles. The predicted octanol–water partition coefficient (Wildman–Crippen LogP) is 7.55. The first-order chi connectivity index (χ1) is 32.1. The van der Waals surface area contributed by atoms with Crippen LogP contribution in [0.15, 0.2) is 12.2 Å². The van der Waals surface area contributed by atoms with Gasteiger partial charge in [-0.25, -0.2) is 0 Å². The largest absolute Gasteiger partial charge is 0.394 e. The molecular formula is C52H99NO13. The molecule has 390 valence electrons. The second-order valence-electron chi connectivity index (χ2n) is 19.4. The van der Waals surface area contributed by atoms with Gasteiger partial charge in [-0.3, -0.25) is 4.79 Å². The Morgan fingerprint density at radius 1 is 0.530 bits per heavy atom. The average Bonchev–Trinajstić information content (AvgIpc) is 3.31.